The first-order valence-electron chi connectivity index (χ1n) is 7.81. The van der Waals surface area contributed by atoms with Crippen LogP contribution >= 0.6 is 27.7 Å². The maximum Gasteiger partial charge on any atom is 0.253 e. The largest absolute Gasteiger partial charge is 0.298 e. The van der Waals surface area contributed by atoms with Crippen molar-refractivity contribution in [2.75, 3.05) is 0 Å². The molecule has 0 aliphatic carbocycles. The maximum absolute atomic E-state index is 4.39. The van der Waals surface area contributed by atoms with E-state index in [-0.39, 0.29) is 0 Å². The molecule has 130 valence electrons. The Balaban J connectivity index is 1.78. The Bertz CT molecular complexity index is 1080. The van der Waals surface area contributed by atoms with Crippen LogP contribution in [-0.4, -0.2) is 34.3 Å². The van der Waals surface area contributed by atoms with Crippen molar-refractivity contribution in [3.05, 3.63) is 59.5 Å². The Morgan fingerprint density at radius 2 is 2.04 bits per heavy atom. The predicted octanol–water partition coefficient (Wildman–Crippen LogP) is 3.79. The number of rotatable bonds is 5. The van der Waals surface area contributed by atoms with Gasteiger partial charge in [0.25, 0.3) is 5.78 Å². The molecule has 0 unspecified atom stereocenters. The van der Waals surface area contributed by atoms with Gasteiger partial charge in [0.05, 0.1) is 0 Å². The van der Waals surface area contributed by atoms with Crippen molar-refractivity contribution in [3.63, 3.8) is 0 Å². The van der Waals surface area contributed by atoms with Gasteiger partial charge in [0.15, 0.2) is 11.0 Å². The summed E-state index contributed by atoms with van der Waals surface area (Å²) in [6.07, 6.45) is 3.33. The molecular weight excluding hydrogens is 414 g/mol. The number of fused-ring (bicyclic) bond motifs is 1. The summed E-state index contributed by atoms with van der Waals surface area (Å²) in [7, 11) is 0. The number of aromatic nitrogens is 7. The van der Waals surface area contributed by atoms with Gasteiger partial charge in [0.1, 0.15) is 11.4 Å². The molecule has 0 aliphatic heterocycles. The number of allylic oxidation sites excluding steroid dienone is 1. The van der Waals surface area contributed by atoms with Crippen LogP contribution in [0.15, 0.2) is 64.0 Å². The van der Waals surface area contributed by atoms with Crippen LogP contribution in [0.25, 0.3) is 17.2 Å². The molecule has 0 spiro atoms. The fraction of sp³-hybridized carbons (Fsp3) is 0.118. The number of aryl methyl sites for hydroxylation is 1. The van der Waals surface area contributed by atoms with Crippen molar-refractivity contribution >= 4 is 33.5 Å². The summed E-state index contributed by atoms with van der Waals surface area (Å²) in [6.45, 7) is 6.39. The lowest BCUT2D eigenvalue weighted by Crippen LogP contribution is -2.02. The van der Waals surface area contributed by atoms with Crippen molar-refractivity contribution in [2.45, 2.75) is 23.7 Å². The van der Waals surface area contributed by atoms with E-state index in [4.69, 9.17) is 0 Å². The van der Waals surface area contributed by atoms with E-state index < -0.39 is 0 Å². The lowest BCUT2D eigenvalue weighted by molar-refractivity contribution is 0.727. The maximum atomic E-state index is 4.39. The minimum atomic E-state index is 0.565. The first kappa shape index (κ1) is 16.9. The van der Waals surface area contributed by atoms with Gasteiger partial charge in [0.2, 0.25) is 0 Å². The summed E-state index contributed by atoms with van der Waals surface area (Å²) >= 11 is 4.93. The lowest BCUT2D eigenvalue weighted by atomic mass is 10.2. The summed E-state index contributed by atoms with van der Waals surface area (Å²) in [5.74, 6) is 1.36. The lowest BCUT2D eigenvalue weighted by Gasteiger charge is -2.08. The molecule has 4 rings (SSSR count). The van der Waals surface area contributed by atoms with E-state index in [1.807, 2.05) is 47.9 Å². The Morgan fingerprint density at radius 3 is 2.81 bits per heavy atom. The van der Waals surface area contributed by atoms with E-state index in [0.29, 0.717) is 12.3 Å². The van der Waals surface area contributed by atoms with Crippen molar-refractivity contribution in [1.29, 1.82) is 0 Å². The number of benzene rings is 1. The Morgan fingerprint density at radius 1 is 1.23 bits per heavy atom. The normalized spacial score (nSPS) is 11.2. The average molecular weight is 428 g/mol. The van der Waals surface area contributed by atoms with Gasteiger partial charge < -0.3 is 0 Å². The van der Waals surface area contributed by atoms with Gasteiger partial charge in [-0.3, -0.25) is 4.57 Å². The van der Waals surface area contributed by atoms with Crippen LogP contribution in [0.2, 0.25) is 0 Å². The van der Waals surface area contributed by atoms with E-state index in [1.54, 1.807) is 4.52 Å². The molecular formula is C17H14BrN7S. The first-order valence-corrected chi connectivity index (χ1v) is 9.42. The molecule has 4 aromatic rings. The van der Waals surface area contributed by atoms with Crippen LogP contribution in [0, 0.1) is 6.92 Å². The smallest absolute Gasteiger partial charge is 0.253 e. The van der Waals surface area contributed by atoms with E-state index in [1.165, 1.54) is 18.1 Å². The van der Waals surface area contributed by atoms with Gasteiger partial charge in [-0.2, -0.15) is 14.6 Å². The van der Waals surface area contributed by atoms with Crippen molar-refractivity contribution in [3.8, 4) is 11.4 Å². The predicted molar refractivity (Wildman–Crippen MR) is 103 cm³/mol. The second-order valence-electron chi connectivity index (χ2n) is 5.52. The minimum Gasteiger partial charge on any atom is -0.298 e. The van der Waals surface area contributed by atoms with Crippen LogP contribution in [0.4, 0.5) is 0 Å². The van der Waals surface area contributed by atoms with Gasteiger partial charge >= 0.3 is 0 Å². The van der Waals surface area contributed by atoms with Crippen molar-refractivity contribution < 1.29 is 0 Å². The SMILES string of the molecule is C=CCn1c(Sc2cc(C)nc3ncnn23)nnc1-c1ccc(Br)cc1. The molecule has 0 N–H and O–H groups in total. The highest BCUT2D eigenvalue weighted by atomic mass is 79.9. The van der Waals surface area contributed by atoms with Crippen LogP contribution in [-0.2, 0) is 6.54 Å². The molecule has 0 fully saturated rings. The van der Waals surface area contributed by atoms with E-state index in [0.717, 1.165) is 31.7 Å². The van der Waals surface area contributed by atoms with Crippen LogP contribution in [0.5, 0.6) is 0 Å². The fourth-order valence-electron chi connectivity index (χ4n) is 2.53. The molecule has 3 aromatic heterocycles. The summed E-state index contributed by atoms with van der Waals surface area (Å²) in [5, 5.41) is 14.7. The number of halogens is 1. The molecule has 0 amide bonds. The Labute approximate surface area is 162 Å². The molecule has 0 saturated heterocycles. The second-order valence-corrected chi connectivity index (χ2v) is 7.43. The van der Waals surface area contributed by atoms with E-state index in [9.17, 15) is 0 Å². The third-order valence-electron chi connectivity index (χ3n) is 3.67. The van der Waals surface area contributed by atoms with Gasteiger partial charge in [-0.15, -0.1) is 16.8 Å². The highest BCUT2D eigenvalue weighted by Gasteiger charge is 2.16. The average Bonchev–Trinajstić information content (AvgIpc) is 3.24. The zero-order valence-electron chi connectivity index (χ0n) is 13.9. The monoisotopic (exact) mass is 427 g/mol. The van der Waals surface area contributed by atoms with Crippen molar-refractivity contribution in [1.82, 2.24) is 34.3 Å². The molecule has 3 heterocycles. The summed E-state index contributed by atoms with van der Waals surface area (Å²) in [4.78, 5) is 8.54. The molecule has 1 aromatic carbocycles. The van der Waals surface area contributed by atoms with E-state index in [2.05, 4.69) is 47.8 Å². The van der Waals surface area contributed by atoms with Gasteiger partial charge in [-0.1, -0.05) is 34.1 Å². The standard InChI is InChI=1S/C17H14BrN7S/c1-3-8-24-15(12-4-6-13(18)7-5-12)22-23-17(24)26-14-9-11(2)21-16-19-10-20-25(14)16/h3-7,9-10H,1,8H2,2H3. The molecule has 0 atom stereocenters. The first-order chi connectivity index (χ1) is 12.7. The molecule has 0 saturated carbocycles. The topological polar surface area (TPSA) is 73.8 Å². The highest BCUT2D eigenvalue weighted by molar-refractivity contribution is 9.10. The molecule has 7 nitrogen and oxygen atoms in total. The third kappa shape index (κ3) is 3.15. The molecule has 9 heteroatoms. The fourth-order valence-corrected chi connectivity index (χ4v) is 3.78. The highest BCUT2D eigenvalue weighted by Crippen LogP contribution is 2.30. The van der Waals surface area contributed by atoms with Crippen LogP contribution in [0.1, 0.15) is 5.69 Å². The zero-order valence-corrected chi connectivity index (χ0v) is 16.3. The zero-order chi connectivity index (χ0) is 18.1. The van der Waals surface area contributed by atoms with Gasteiger partial charge in [-0.25, -0.2) is 4.98 Å². The van der Waals surface area contributed by atoms with Crippen molar-refractivity contribution in [2.24, 2.45) is 0 Å². The Kier molecular flexibility index (Phi) is 4.56. The van der Waals surface area contributed by atoms with E-state index >= 15 is 0 Å². The van der Waals surface area contributed by atoms with Gasteiger partial charge in [-0.05, 0) is 36.9 Å². The quantitative estimate of drug-likeness (QED) is 0.356. The minimum absolute atomic E-state index is 0.565. The molecule has 26 heavy (non-hydrogen) atoms. The second kappa shape index (κ2) is 7.00. The molecule has 0 radical (unpaired) electrons. The molecule has 0 aliphatic rings. The third-order valence-corrected chi connectivity index (χ3v) is 5.19. The van der Waals surface area contributed by atoms with Gasteiger partial charge in [0, 0.05) is 22.3 Å². The number of hydrogen-bond donors (Lipinski definition) is 0. The summed E-state index contributed by atoms with van der Waals surface area (Å²) in [6, 6.07) is 9.95. The number of hydrogen-bond acceptors (Lipinski definition) is 6. The van der Waals surface area contributed by atoms with Crippen LogP contribution < -0.4 is 0 Å². The molecule has 0 bridgehead atoms. The summed E-state index contributed by atoms with van der Waals surface area (Å²) < 4.78 is 4.75. The Hall–Kier alpha value is -2.52. The van der Waals surface area contributed by atoms with Crippen LogP contribution in [0.3, 0.4) is 0 Å². The number of nitrogens with zero attached hydrogens (tertiary/aromatic N) is 7. The summed E-state index contributed by atoms with van der Waals surface area (Å²) in [5.41, 5.74) is 1.86.